The van der Waals surface area contributed by atoms with Crippen LogP contribution in [0.5, 0.6) is 5.75 Å². The van der Waals surface area contributed by atoms with Crippen LogP contribution in [0.4, 0.5) is 0 Å². The zero-order valence-corrected chi connectivity index (χ0v) is 20.9. The van der Waals surface area contributed by atoms with Gasteiger partial charge in [-0.05, 0) is 57.7 Å². The van der Waals surface area contributed by atoms with E-state index in [-0.39, 0.29) is 17.8 Å². The molecule has 184 valence electrons. The van der Waals surface area contributed by atoms with Crippen LogP contribution < -0.4 is 4.74 Å². The molecule has 35 heavy (non-hydrogen) atoms. The molecule has 4 rings (SSSR count). The lowest BCUT2D eigenvalue weighted by Crippen LogP contribution is -2.42. The number of ether oxygens (including phenoxy) is 2. The normalized spacial score (nSPS) is 16.4. The average molecular weight is 476 g/mol. The minimum Gasteiger partial charge on any atom is -0.493 e. The first kappa shape index (κ1) is 24.6. The number of amides is 1. The van der Waals surface area contributed by atoms with E-state index in [2.05, 4.69) is 18.2 Å². The number of aryl methyl sites for hydroxylation is 1. The van der Waals surface area contributed by atoms with Gasteiger partial charge in [-0.15, -0.1) is 0 Å². The van der Waals surface area contributed by atoms with Gasteiger partial charge in [0.1, 0.15) is 11.3 Å². The van der Waals surface area contributed by atoms with Gasteiger partial charge in [-0.2, -0.15) is 0 Å². The Morgan fingerprint density at radius 2 is 1.94 bits per heavy atom. The quantitative estimate of drug-likeness (QED) is 0.309. The first-order valence-electron chi connectivity index (χ1n) is 12.3. The Balaban J connectivity index is 1.70. The molecule has 0 spiro atoms. The van der Waals surface area contributed by atoms with Gasteiger partial charge < -0.3 is 18.8 Å². The van der Waals surface area contributed by atoms with Gasteiger partial charge in [0.05, 0.1) is 25.4 Å². The van der Waals surface area contributed by atoms with Gasteiger partial charge in [0.15, 0.2) is 0 Å². The lowest BCUT2D eigenvalue weighted by Gasteiger charge is -2.31. The van der Waals surface area contributed by atoms with E-state index < -0.39 is 0 Å². The lowest BCUT2D eigenvalue weighted by molar-refractivity contribution is -0.150. The molecule has 3 aromatic rings. The van der Waals surface area contributed by atoms with Crippen LogP contribution in [-0.2, 0) is 14.3 Å². The van der Waals surface area contributed by atoms with E-state index in [1.807, 2.05) is 39.0 Å². The van der Waals surface area contributed by atoms with Crippen LogP contribution in [0.15, 0.2) is 53.2 Å². The maximum Gasteiger partial charge on any atom is 0.310 e. The summed E-state index contributed by atoms with van der Waals surface area (Å²) in [4.78, 5) is 27.2. The zero-order chi connectivity index (χ0) is 24.9. The molecule has 1 saturated heterocycles. The van der Waals surface area contributed by atoms with Gasteiger partial charge in [0, 0.05) is 41.2 Å². The summed E-state index contributed by atoms with van der Waals surface area (Å²) in [5.41, 5.74) is 5.42. The standard InChI is InChI=1S/C29H33NO5/c1-5-33-27-20(4)28-24(25(18-35-28)21-11-8-7-9-12-21)16-23(27)19(3)15-26(31)30-14-10-13-22(17-30)29(32)34-6-2/h7-9,11-12,15-16,18,22H,5-6,10,13-14,17H2,1-4H3/b19-15+. The molecule has 1 aliphatic rings. The maximum atomic E-state index is 13.2. The molecule has 6 nitrogen and oxygen atoms in total. The number of allylic oxidation sites excluding steroid dienone is 1. The fourth-order valence-electron chi connectivity index (χ4n) is 4.76. The van der Waals surface area contributed by atoms with Crippen molar-refractivity contribution in [3.63, 3.8) is 0 Å². The Morgan fingerprint density at radius 1 is 1.17 bits per heavy atom. The second-order valence-corrected chi connectivity index (χ2v) is 8.91. The van der Waals surface area contributed by atoms with E-state index >= 15 is 0 Å². The van der Waals surface area contributed by atoms with Crippen LogP contribution >= 0.6 is 0 Å². The number of nitrogens with zero attached hydrogens (tertiary/aromatic N) is 1. The number of fused-ring (bicyclic) bond motifs is 1. The number of rotatable bonds is 7. The molecule has 2 heterocycles. The topological polar surface area (TPSA) is 69.0 Å². The van der Waals surface area contributed by atoms with Crippen molar-refractivity contribution in [1.82, 2.24) is 4.90 Å². The van der Waals surface area contributed by atoms with E-state index in [0.29, 0.717) is 26.3 Å². The summed E-state index contributed by atoms with van der Waals surface area (Å²) in [5.74, 6) is 0.128. The Bertz CT molecular complexity index is 1240. The molecule has 0 radical (unpaired) electrons. The molecule has 0 N–H and O–H groups in total. The van der Waals surface area contributed by atoms with E-state index in [1.54, 1.807) is 24.2 Å². The van der Waals surface area contributed by atoms with Crippen LogP contribution in [0.2, 0.25) is 0 Å². The predicted molar refractivity (Wildman–Crippen MR) is 137 cm³/mol. The third-order valence-corrected chi connectivity index (χ3v) is 6.54. The number of carbonyl (C=O) groups is 2. The fraction of sp³-hybridized carbons (Fsp3) is 0.379. The van der Waals surface area contributed by atoms with E-state index in [1.165, 1.54) is 0 Å². The molecular weight excluding hydrogens is 442 g/mol. The Labute approximate surface area is 206 Å². The molecule has 2 aromatic carbocycles. The highest BCUT2D eigenvalue weighted by atomic mass is 16.5. The molecule has 1 atom stereocenters. The molecule has 1 unspecified atom stereocenters. The van der Waals surface area contributed by atoms with Crippen LogP contribution in [0, 0.1) is 12.8 Å². The van der Waals surface area contributed by atoms with Crippen molar-refractivity contribution in [2.24, 2.45) is 5.92 Å². The third kappa shape index (κ3) is 5.11. The summed E-state index contributed by atoms with van der Waals surface area (Å²) in [6.45, 7) is 9.52. The third-order valence-electron chi connectivity index (χ3n) is 6.54. The average Bonchev–Trinajstić information content (AvgIpc) is 3.30. The molecular formula is C29H33NO5. The Hall–Kier alpha value is -3.54. The number of hydrogen-bond acceptors (Lipinski definition) is 5. The molecule has 1 fully saturated rings. The van der Waals surface area contributed by atoms with Gasteiger partial charge in [-0.1, -0.05) is 30.3 Å². The molecule has 1 aromatic heterocycles. The van der Waals surface area contributed by atoms with E-state index in [9.17, 15) is 9.59 Å². The van der Waals surface area contributed by atoms with Gasteiger partial charge >= 0.3 is 5.97 Å². The molecule has 1 amide bonds. The zero-order valence-electron chi connectivity index (χ0n) is 20.9. The molecule has 0 aliphatic carbocycles. The maximum absolute atomic E-state index is 13.2. The summed E-state index contributed by atoms with van der Waals surface area (Å²) in [5, 5.41) is 0.979. The Morgan fingerprint density at radius 3 is 2.66 bits per heavy atom. The van der Waals surface area contributed by atoms with Crippen molar-refractivity contribution in [3.05, 3.63) is 59.9 Å². The number of esters is 1. The van der Waals surface area contributed by atoms with E-state index in [0.717, 1.165) is 57.4 Å². The first-order valence-corrected chi connectivity index (χ1v) is 12.3. The second-order valence-electron chi connectivity index (χ2n) is 8.91. The van der Waals surface area contributed by atoms with Gasteiger partial charge in [-0.3, -0.25) is 9.59 Å². The number of carbonyl (C=O) groups excluding carboxylic acids is 2. The summed E-state index contributed by atoms with van der Waals surface area (Å²) >= 11 is 0. The summed E-state index contributed by atoms with van der Waals surface area (Å²) < 4.78 is 17.2. The number of benzene rings is 2. The summed E-state index contributed by atoms with van der Waals surface area (Å²) in [6, 6.07) is 12.2. The van der Waals surface area contributed by atoms with Gasteiger partial charge in [0.25, 0.3) is 0 Å². The van der Waals surface area contributed by atoms with Gasteiger partial charge in [0.2, 0.25) is 5.91 Å². The van der Waals surface area contributed by atoms with Crippen molar-refractivity contribution >= 4 is 28.4 Å². The fourth-order valence-corrected chi connectivity index (χ4v) is 4.76. The highest BCUT2D eigenvalue weighted by molar-refractivity contribution is 6.01. The van der Waals surface area contributed by atoms with Crippen LogP contribution in [0.25, 0.3) is 27.7 Å². The van der Waals surface area contributed by atoms with Crippen LogP contribution in [0.1, 0.15) is 44.7 Å². The minimum absolute atomic E-state index is 0.104. The summed E-state index contributed by atoms with van der Waals surface area (Å²) in [6.07, 6.45) is 4.96. The molecule has 0 bridgehead atoms. The number of likely N-dealkylation sites (tertiary alicyclic amines) is 1. The van der Waals surface area contributed by atoms with Crippen LogP contribution in [-0.4, -0.2) is 43.1 Å². The molecule has 1 aliphatic heterocycles. The molecule has 0 saturated carbocycles. The van der Waals surface area contributed by atoms with Crippen molar-refractivity contribution in [2.75, 3.05) is 26.3 Å². The smallest absolute Gasteiger partial charge is 0.310 e. The monoisotopic (exact) mass is 475 g/mol. The van der Waals surface area contributed by atoms with Crippen molar-refractivity contribution in [1.29, 1.82) is 0 Å². The lowest BCUT2D eigenvalue weighted by atomic mass is 9.95. The largest absolute Gasteiger partial charge is 0.493 e. The highest BCUT2D eigenvalue weighted by Crippen LogP contribution is 2.40. The second kappa shape index (κ2) is 10.8. The number of furan rings is 1. The SMILES string of the molecule is CCOC(=O)C1CCCN(C(=O)/C=C(\C)c2cc3c(-c4ccccc4)coc3c(C)c2OCC)C1. The van der Waals surface area contributed by atoms with E-state index in [4.69, 9.17) is 13.9 Å². The van der Waals surface area contributed by atoms with Crippen molar-refractivity contribution in [2.45, 2.75) is 40.5 Å². The minimum atomic E-state index is -0.265. The van der Waals surface area contributed by atoms with Crippen molar-refractivity contribution < 1.29 is 23.5 Å². The van der Waals surface area contributed by atoms with Crippen LogP contribution in [0.3, 0.4) is 0 Å². The molecule has 6 heteroatoms. The highest BCUT2D eigenvalue weighted by Gasteiger charge is 2.29. The van der Waals surface area contributed by atoms with Gasteiger partial charge in [-0.25, -0.2) is 0 Å². The number of piperidine rings is 1. The predicted octanol–water partition coefficient (Wildman–Crippen LogP) is 6.01. The summed E-state index contributed by atoms with van der Waals surface area (Å²) in [7, 11) is 0. The van der Waals surface area contributed by atoms with Crippen molar-refractivity contribution in [3.8, 4) is 16.9 Å². The first-order chi connectivity index (χ1) is 16.9. The number of hydrogen-bond donors (Lipinski definition) is 0. The Kier molecular flexibility index (Phi) is 7.59.